The lowest BCUT2D eigenvalue weighted by Crippen LogP contribution is -2.34. The number of sulfone groups is 1. The molecule has 1 aromatic rings. The summed E-state index contributed by atoms with van der Waals surface area (Å²) < 4.78 is 28.3. The Morgan fingerprint density at radius 1 is 1.50 bits per heavy atom. The topological polar surface area (TPSA) is 98.5 Å². The minimum absolute atomic E-state index is 0.132. The van der Waals surface area contributed by atoms with Crippen molar-refractivity contribution in [3.05, 3.63) is 23.8 Å². The van der Waals surface area contributed by atoms with E-state index in [1.807, 2.05) is 0 Å². The number of hydrogen-bond acceptors (Lipinski definition) is 5. The van der Waals surface area contributed by atoms with Crippen LogP contribution in [0.3, 0.4) is 0 Å². The van der Waals surface area contributed by atoms with Crippen LogP contribution in [0.1, 0.15) is 23.2 Å². The maximum Gasteiger partial charge on any atom is 0.253 e. The van der Waals surface area contributed by atoms with Crippen LogP contribution in [0.15, 0.2) is 18.2 Å². The molecule has 1 aromatic carbocycles. The Balaban J connectivity index is 2.02. The zero-order valence-electron chi connectivity index (χ0n) is 11.3. The normalized spacial score (nSPS) is 20.6. The van der Waals surface area contributed by atoms with Gasteiger partial charge in [0.2, 0.25) is 0 Å². The third kappa shape index (κ3) is 3.04. The molecule has 1 fully saturated rings. The second-order valence-electron chi connectivity index (χ2n) is 4.79. The maximum absolute atomic E-state index is 12.0. The number of nitrogen functional groups attached to an aromatic ring is 1. The van der Waals surface area contributed by atoms with Crippen molar-refractivity contribution in [3.8, 4) is 5.75 Å². The molecule has 0 spiro atoms. The first-order chi connectivity index (χ1) is 9.44. The average molecular weight is 298 g/mol. The number of anilines is 1. The van der Waals surface area contributed by atoms with Gasteiger partial charge in [0.25, 0.3) is 5.91 Å². The second-order valence-corrected chi connectivity index (χ2v) is 7.20. The van der Waals surface area contributed by atoms with Gasteiger partial charge in [-0.15, -0.1) is 0 Å². The number of hydrogen-bond donors (Lipinski definition) is 2. The zero-order valence-corrected chi connectivity index (χ0v) is 12.1. The van der Waals surface area contributed by atoms with Gasteiger partial charge >= 0.3 is 0 Å². The molecule has 0 aromatic heterocycles. The van der Waals surface area contributed by atoms with Crippen molar-refractivity contribution in [2.75, 3.05) is 25.1 Å². The van der Waals surface area contributed by atoms with E-state index in [4.69, 9.17) is 10.5 Å². The van der Waals surface area contributed by atoms with Gasteiger partial charge in [-0.3, -0.25) is 4.79 Å². The summed E-state index contributed by atoms with van der Waals surface area (Å²) in [4.78, 5) is 12.0. The number of amides is 1. The lowest BCUT2D eigenvalue weighted by atomic mass is 10.1. The van der Waals surface area contributed by atoms with E-state index >= 15 is 0 Å². The summed E-state index contributed by atoms with van der Waals surface area (Å²) in [6.45, 7) is 0.132. The quantitative estimate of drug-likeness (QED) is 0.792. The standard InChI is InChI=1S/C13H18N2O4S/c1-19-9-4-5-11(12(14)7-9)13(16)15-8-10-3-2-6-20(10,17)18/h4-5,7,10H,2-3,6,8,14H2,1H3,(H,15,16). The van der Waals surface area contributed by atoms with E-state index in [1.165, 1.54) is 7.11 Å². The molecule has 0 bridgehead atoms. The van der Waals surface area contributed by atoms with E-state index in [0.29, 0.717) is 29.8 Å². The summed E-state index contributed by atoms with van der Waals surface area (Å²) in [6.07, 6.45) is 1.26. The van der Waals surface area contributed by atoms with E-state index in [9.17, 15) is 13.2 Å². The second kappa shape index (κ2) is 5.70. The van der Waals surface area contributed by atoms with Crippen LogP contribution in [0, 0.1) is 0 Å². The number of benzene rings is 1. The van der Waals surface area contributed by atoms with Crippen LogP contribution >= 0.6 is 0 Å². The van der Waals surface area contributed by atoms with E-state index in [0.717, 1.165) is 0 Å². The number of nitrogens with one attached hydrogen (secondary N) is 1. The van der Waals surface area contributed by atoms with Crippen molar-refractivity contribution in [2.45, 2.75) is 18.1 Å². The van der Waals surface area contributed by atoms with Gasteiger partial charge in [0.05, 0.1) is 23.7 Å². The molecule has 0 radical (unpaired) electrons. The van der Waals surface area contributed by atoms with Crippen LogP contribution < -0.4 is 15.8 Å². The Bertz CT molecular complexity index is 613. The number of ether oxygens (including phenoxy) is 1. The fraction of sp³-hybridized carbons (Fsp3) is 0.462. The Morgan fingerprint density at radius 3 is 2.80 bits per heavy atom. The van der Waals surface area contributed by atoms with Gasteiger partial charge in [-0.1, -0.05) is 0 Å². The Labute approximate surface area is 118 Å². The molecular formula is C13H18N2O4S. The zero-order chi connectivity index (χ0) is 14.8. The molecule has 3 N–H and O–H groups in total. The van der Waals surface area contributed by atoms with Crippen LogP contribution in [0.25, 0.3) is 0 Å². The first-order valence-electron chi connectivity index (χ1n) is 6.37. The lowest BCUT2D eigenvalue weighted by Gasteiger charge is -2.12. The van der Waals surface area contributed by atoms with Gasteiger partial charge in [0, 0.05) is 18.3 Å². The largest absolute Gasteiger partial charge is 0.497 e. The van der Waals surface area contributed by atoms with Crippen molar-refractivity contribution in [2.24, 2.45) is 0 Å². The minimum Gasteiger partial charge on any atom is -0.497 e. The molecule has 0 aliphatic carbocycles. The molecule has 0 saturated carbocycles. The summed E-state index contributed by atoms with van der Waals surface area (Å²) in [5, 5.41) is 2.16. The first kappa shape index (κ1) is 14.6. The van der Waals surface area contributed by atoms with E-state index in [1.54, 1.807) is 18.2 Å². The van der Waals surface area contributed by atoms with Gasteiger partial charge in [-0.05, 0) is 25.0 Å². The lowest BCUT2D eigenvalue weighted by molar-refractivity contribution is 0.0954. The summed E-state index contributed by atoms with van der Waals surface area (Å²) in [5.74, 6) is 0.405. The molecule has 1 aliphatic rings. The number of rotatable bonds is 4. The smallest absolute Gasteiger partial charge is 0.253 e. The van der Waals surface area contributed by atoms with Crippen molar-refractivity contribution < 1.29 is 17.9 Å². The highest BCUT2D eigenvalue weighted by molar-refractivity contribution is 7.92. The predicted molar refractivity (Wildman–Crippen MR) is 76.5 cm³/mol. The molecular weight excluding hydrogens is 280 g/mol. The average Bonchev–Trinajstić information content (AvgIpc) is 2.74. The fourth-order valence-electron chi connectivity index (χ4n) is 2.26. The number of carbonyl (C=O) groups excluding carboxylic acids is 1. The Morgan fingerprint density at radius 2 is 2.25 bits per heavy atom. The summed E-state index contributed by atoms with van der Waals surface area (Å²) in [7, 11) is -1.54. The molecule has 110 valence electrons. The summed E-state index contributed by atoms with van der Waals surface area (Å²) in [6, 6.07) is 4.76. The molecule has 2 rings (SSSR count). The molecule has 1 aliphatic heterocycles. The summed E-state index contributed by atoms with van der Waals surface area (Å²) >= 11 is 0. The predicted octanol–water partition coefficient (Wildman–Crippen LogP) is 0.584. The van der Waals surface area contributed by atoms with Crippen molar-refractivity contribution in [1.29, 1.82) is 0 Å². The Kier molecular flexibility index (Phi) is 4.17. The van der Waals surface area contributed by atoms with Crippen LogP contribution in [-0.4, -0.2) is 39.0 Å². The number of methoxy groups -OCH3 is 1. The van der Waals surface area contributed by atoms with E-state index in [-0.39, 0.29) is 18.2 Å². The van der Waals surface area contributed by atoms with Crippen LogP contribution in [0.5, 0.6) is 5.75 Å². The monoisotopic (exact) mass is 298 g/mol. The van der Waals surface area contributed by atoms with E-state index in [2.05, 4.69) is 5.32 Å². The molecule has 1 amide bonds. The first-order valence-corrected chi connectivity index (χ1v) is 8.09. The van der Waals surface area contributed by atoms with Crippen LogP contribution in [0.2, 0.25) is 0 Å². The van der Waals surface area contributed by atoms with Gasteiger partial charge in [0.1, 0.15) is 5.75 Å². The minimum atomic E-state index is -3.05. The number of nitrogens with two attached hydrogens (primary N) is 1. The molecule has 1 atom stereocenters. The molecule has 6 nitrogen and oxygen atoms in total. The third-order valence-electron chi connectivity index (χ3n) is 3.46. The molecule has 1 saturated heterocycles. The van der Waals surface area contributed by atoms with Gasteiger partial charge in [-0.2, -0.15) is 0 Å². The van der Waals surface area contributed by atoms with Crippen molar-refractivity contribution >= 4 is 21.4 Å². The SMILES string of the molecule is COc1ccc(C(=O)NCC2CCCS2(=O)=O)c(N)c1. The van der Waals surface area contributed by atoms with Crippen LogP contribution in [-0.2, 0) is 9.84 Å². The van der Waals surface area contributed by atoms with Crippen molar-refractivity contribution in [3.63, 3.8) is 0 Å². The van der Waals surface area contributed by atoms with Gasteiger partial charge in [-0.25, -0.2) is 8.42 Å². The maximum atomic E-state index is 12.0. The van der Waals surface area contributed by atoms with Gasteiger partial charge < -0.3 is 15.8 Å². The van der Waals surface area contributed by atoms with Crippen molar-refractivity contribution in [1.82, 2.24) is 5.32 Å². The number of carbonyl (C=O) groups is 1. The Hall–Kier alpha value is -1.76. The molecule has 1 unspecified atom stereocenters. The molecule has 20 heavy (non-hydrogen) atoms. The highest BCUT2D eigenvalue weighted by Gasteiger charge is 2.31. The molecule has 1 heterocycles. The molecule has 7 heteroatoms. The fourth-order valence-corrected chi connectivity index (χ4v) is 4.03. The van der Waals surface area contributed by atoms with Crippen LogP contribution in [0.4, 0.5) is 5.69 Å². The summed E-state index contributed by atoms with van der Waals surface area (Å²) in [5.41, 5.74) is 6.40. The third-order valence-corrected chi connectivity index (χ3v) is 5.73. The van der Waals surface area contributed by atoms with Gasteiger partial charge in [0.15, 0.2) is 9.84 Å². The van der Waals surface area contributed by atoms with E-state index < -0.39 is 15.1 Å². The highest BCUT2D eigenvalue weighted by atomic mass is 32.2. The highest BCUT2D eigenvalue weighted by Crippen LogP contribution is 2.21.